The smallest absolute Gasteiger partial charge is 0.292 e. The van der Waals surface area contributed by atoms with E-state index in [2.05, 4.69) is 26.1 Å². The normalized spacial score (nSPS) is 13.1. The third-order valence-corrected chi connectivity index (χ3v) is 3.46. The van der Waals surface area contributed by atoms with E-state index >= 15 is 0 Å². The minimum Gasteiger partial charge on any atom is -0.391 e. The summed E-state index contributed by atoms with van der Waals surface area (Å²) in [7, 11) is 0. The van der Waals surface area contributed by atoms with E-state index in [0.29, 0.717) is 5.56 Å². The number of Topliss-reactive ketones (excluding diaryl/α,β-unsaturated/α-hetero) is 1. The number of aliphatic hydroxyl groups excluding tert-OH is 1. The molecule has 0 aromatic heterocycles. The minimum atomic E-state index is -0.682. The van der Waals surface area contributed by atoms with E-state index in [0.717, 1.165) is 5.56 Å². The summed E-state index contributed by atoms with van der Waals surface area (Å²) in [6.07, 6.45) is -0.648. The molecule has 1 amide bonds. The van der Waals surface area contributed by atoms with Crippen LogP contribution in [-0.2, 0) is 10.2 Å². The van der Waals surface area contributed by atoms with Crippen molar-refractivity contribution in [1.29, 1.82) is 0 Å². The number of rotatable bonds is 5. The van der Waals surface area contributed by atoms with Gasteiger partial charge in [-0.1, -0.05) is 58.9 Å². The van der Waals surface area contributed by atoms with E-state index in [9.17, 15) is 14.7 Å². The maximum Gasteiger partial charge on any atom is 0.292 e. The van der Waals surface area contributed by atoms with Crippen LogP contribution < -0.4 is 5.32 Å². The van der Waals surface area contributed by atoms with Crippen molar-refractivity contribution in [3.63, 3.8) is 0 Å². The number of aliphatic hydroxyl groups is 1. The molecular weight excluding hydrogens is 266 g/mol. The first-order chi connectivity index (χ1) is 9.62. The Morgan fingerprint density at radius 1 is 1.14 bits per heavy atom. The highest BCUT2D eigenvalue weighted by atomic mass is 16.3. The summed E-state index contributed by atoms with van der Waals surface area (Å²) >= 11 is 0. The van der Waals surface area contributed by atoms with Crippen LogP contribution in [0, 0.1) is 5.92 Å². The number of carbonyl (C=O) groups excluding carboxylic acids is 2. The molecule has 4 nitrogen and oxygen atoms in total. The second kappa shape index (κ2) is 6.85. The summed E-state index contributed by atoms with van der Waals surface area (Å²) in [6.45, 7) is 10.0. The fourth-order valence-electron chi connectivity index (χ4n) is 1.77. The van der Waals surface area contributed by atoms with Crippen LogP contribution >= 0.6 is 0 Å². The molecule has 1 atom stereocenters. The highest BCUT2D eigenvalue weighted by Gasteiger charge is 2.19. The number of benzene rings is 1. The van der Waals surface area contributed by atoms with Gasteiger partial charge in [0.25, 0.3) is 5.91 Å². The van der Waals surface area contributed by atoms with E-state index in [4.69, 9.17) is 0 Å². The van der Waals surface area contributed by atoms with E-state index in [1.807, 2.05) is 26.0 Å². The van der Waals surface area contributed by atoms with Crippen LogP contribution in [0.4, 0.5) is 0 Å². The van der Waals surface area contributed by atoms with Crippen molar-refractivity contribution in [3.05, 3.63) is 35.4 Å². The summed E-state index contributed by atoms with van der Waals surface area (Å²) in [4.78, 5) is 23.8. The molecule has 1 unspecified atom stereocenters. The summed E-state index contributed by atoms with van der Waals surface area (Å²) in [5.41, 5.74) is 1.47. The van der Waals surface area contributed by atoms with Crippen molar-refractivity contribution in [2.75, 3.05) is 6.54 Å². The van der Waals surface area contributed by atoms with Gasteiger partial charge in [0.05, 0.1) is 6.10 Å². The lowest BCUT2D eigenvalue weighted by Gasteiger charge is -2.19. The molecule has 2 N–H and O–H groups in total. The predicted octanol–water partition coefficient (Wildman–Crippen LogP) is 2.30. The molecule has 4 heteroatoms. The van der Waals surface area contributed by atoms with Gasteiger partial charge in [0.15, 0.2) is 0 Å². The highest BCUT2D eigenvalue weighted by molar-refractivity contribution is 6.42. The Labute approximate surface area is 126 Å². The van der Waals surface area contributed by atoms with Crippen LogP contribution in [0.3, 0.4) is 0 Å². The monoisotopic (exact) mass is 291 g/mol. The van der Waals surface area contributed by atoms with Crippen LogP contribution in [-0.4, -0.2) is 29.4 Å². The molecule has 0 heterocycles. The van der Waals surface area contributed by atoms with Crippen molar-refractivity contribution in [1.82, 2.24) is 5.32 Å². The molecule has 21 heavy (non-hydrogen) atoms. The van der Waals surface area contributed by atoms with Gasteiger partial charge in [0.2, 0.25) is 5.78 Å². The summed E-state index contributed by atoms with van der Waals surface area (Å²) in [6, 6.07) is 7.07. The molecular formula is C17H25NO3. The Balaban J connectivity index is 2.69. The minimum absolute atomic E-state index is 0.00517. The van der Waals surface area contributed by atoms with Gasteiger partial charge in [-0.15, -0.1) is 0 Å². The van der Waals surface area contributed by atoms with Crippen LogP contribution in [0.5, 0.6) is 0 Å². The van der Waals surface area contributed by atoms with Gasteiger partial charge in [0, 0.05) is 12.1 Å². The van der Waals surface area contributed by atoms with Gasteiger partial charge in [-0.25, -0.2) is 0 Å². The molecule has 0 aliphatic heterocycles. The average Bonchev–Trinajstić information content (AvgIpc) is 2.42. The Morgan fingerprint density at radius 3 is 2.10 bits per heavy atom. The maximum absolute atomic E-state index is 12.0. The second-order valence-corrected chi connectivity index (χ2v) is 6.68. The Hall–Kier alpha value is -1.68. The van der Waals surface area contributed by atoms with Gasteiger partial charge >= 0.3 is 0 Å². The van der Waals surface area contributed by atoms with Crippen LogP contribution in [0.1, 0.15) is 50.5 Å². The van der Waals surface area contributed by atoms with Crippen molar-refractivity contribution >= 4 is 11.7 Å². The molecule has 0 bridgehead atoms. The zero-order chi connectivity index (χ0) is 16.2. The van der Waals surface area contributed by atoms with E-state index in [1.165, 1.54) is 0 Å². The number of hydrogen-bond acceptors (Lipinski definition) is 3. The van der Waals surface area contributed by atoms with Crippen LogP contribution in [0.15, 0.2) is 24.3 Å². The summed E-state index contributed by atoms with van der Waals surface area (Å²) in [5, 5.41) is 12.1. The lowest BCUT2D eigenvalue weighted by atomic mass is 9.86. The van der Waals surface area contributed by atoms with Crippen molar-refractivity contribution < 1.29 is 14.7 Å². The first-order valence-electron chi connectivity index (χ1n) is 7.24. The lowest BCUT2D eigenvalue weighted by molar-refractivity contribution is -0.117. The second-order valence-electron chi connectivity index (χ2n) is 6.68. The zero-order valence-corrected chi connectivity index (χ0v) is 13.4. The number of nitrogens with one attached hydrogen (secondary N) is 1. The number of carbonyl (C=O) groups is 2. The maximum atomic E-state index is 12.0. The molecule has 1 aromatic rings. The average molecular weight is 291 g/mol. The fraction of sp³-hybridized carbons (Fsp3) is 0.529. The molecule has 0 aliphatic carbocycles. The molecule has 116 valence electrons. The molecule has 0 spiro atoms. The largest absolute Gasteiger partial charge is 0.391 e. The number of hydrogen-bond donors (Lipinski definition) is 2. The summed E-state index contributed by atoms with van der Waals surface area (Å²) < 4.78 is 0. The zero-order valence-electron chi connectivity index (χ0n) is 13.4. The van der Waals surface area contributed by atoms with Crippen molar-refractivity contribution in [3.8, 4) is 0 Å². The number of amides is 1. The van der Waals surface area contributed by atoms with Gasteiger partial charge in [-0.2, -0.15) is 0 Å². The predicted molar refractivity (Wildman–Crippen MR) is 83.3 cm³/mol. The third kappa shape index (κ3) is 4.97. The SMILES string of the molecule is CC(C)C(O)CNC(=O)C(=O)c1ccc(C(C)(C)C)cc1. The first kappa shape index (κ1) is 17.4. The molecule has 1 rings (SSSR count). The Morgan fingerprint density at radius 2 is 1.67 bits per heavy atom. The molecule has 0 saturated carbocycles. The summed E-state index contributed by atoms with van der Waals surface area (Å²) in [5.74, 6) is -1.23. The van der Waals surface area contributed by atoms with Gasteiger partial charge in [-0.05, 0) is 16.9 Å². The molecule has 0 fully saturated rings. The van der Waals surface area contributed by atoms with Crippen LogP contribution in [0.2, 0.25) is 0 Å². The standard InChI is InChI=1S/C17H25NO3/c1-11(2)14(19)10-18-16(21)15(20)12-6-8-13(9-7-12)17(3,4)5/h6-9,11,14,19H,10H2,1-5H3,(H,18,21). The van der Waals surface area contributed by atoms with Gasteiger partial charge in [0.1, 0.15) is 0 Å². The molecule has 0 aliphatic rings. The molecule has 1 aromatic carbocycles. The topological polar surface area (TPSA) is 66.4 Å². The van der Waals surface area contributed by atoms with E-state index < -0.39 is 17.8 Å². The lowest BCUT2D eigenvalue weighted by Crippen LogP contribution is -2.38. The van der Waals surface area contributed by atoms with Crippen LogP contribution in [0.25, 0.3) is 0 Å². The van der Waals surface area contributed by atoms with E-state index in [1.54, 1.807) is 12.1 Å². The Bertz CT molecular complexity index is 498. The fourth-order valence-corrected chi connectivity index (χ4v) is 1.77. The highest BCUT2D eigenvalue weighted by Crippen LogP contribution is 2.22. The quantitative estimate of drug-likeness (QED) is 0.646. The molecule has 0 saturated heterocycles. The number of ketones is 1. The first-order valence-corrected chi connectivity index (χ1v) is 7.24. The van der Waals surface area contributed by atoms with Gasteiger partial charge in [-0.3, -0.25) is 9.59 Å². The third-order valence-electron chi connectivity index (χ3n) is 3.46. The Kier molecular flexibility index (Phi) is 5.67. The molecule has 0 radical (unpaired) electrons. The van der Waals surface area contributed by atoms with E-state index in [-0.39, 0.29) is 17.9 Å². The van der Waals surface area contributed by atoms with Crippen molar-refractivity contribution in [2.24, 2.45) is 5.92 Å². The van der Waals surface area contributed by atoms with Crippen molar-refractivity contribution in [2.45, 2.75) is 46.1 Å². The van der Waals surface area contributed by atoms with Gasteiger partial charge < -0.3 is 10.4 Å².